The first-order chi connectivity index (χ1) is 9.72. The minimum atomic E-state index is 0.122. The number of rotatable bonds is 2. The molecule has 0 atom stereocenters. The van der Waals surface area contributed by atoms with Crippen LogP contribution in [0.4, 0.5) is 5.82 Å². The van der Waals surface area contributed by atoms with E-state index in [-0.39, 0.29) is 5.91 Å². The number of nitrogens with zero attached hydrogens (tertiary/aromatic N) is 2. The Bertz CT molecular complexity index is 641. The summed E-state index contributed by atoms with van der Waals surface area (Å²) in [6.45, 7) is 3.04. The minimum absolute atomic E-state index is 0.122. The van der Waals surface area contributed by atoms with Gasteiger partial charge in [0.1, 0.15) is 5.82 Å². The minimum Gasteiger partial charge on any atom is -0.383 e. The quantitative estimate of drug-likeness (QED) is 0.858. The maximum atomic E-state index is 11.3. The van der Waals surface area contributed by atoms with Crippen LogP contribution in [-0.4, -0.2) is 35.4 Å². The molecule has 0 spiro atoms. The first-order valence-corrected chi connectivity index (χ1v) is 6.85. The van der Waals surface area contributed by atoms with Gasteiger partial charge in [0.15, 0.2) is 0 Å². The lowest BCUT2D eigenvalue weighted by Crippen LogP contribution is -2.28. The van der Waals surface area contributed by atoms with Crippen LogP contribution in [0, 0.1) is 0 Å². The highest BCUT2D eigenvalue weighted by Crippen LogP contribution is 2.19. The summed E-state index contributed by atoms with van der Waals surface area (Å²) in [5.41, 5.74) is 7.99. The van der Waals surface area contributed by atoms with Crippen molar-refractivity contribution in [3.8, 4) is 0 Å². The molecule has 20 heavy (non-hydrogen) atoms. The van der Waals surface area contributed by atoms with Gasteiger partial charge in [-0.2, -0.15) is 0 Å². The summed E-state index contributed by atoms with van der Waals surface area (Å²) in [6.07, 6.45) is 0.543. The number of carbonyl (C=O) groups excluding carboxylic acids is 1. The van der Waals surface area contributed by atoms with E-state index < -0.39 is 0 Å². The Morgan fingerprint density at radius 3 is 3.05 bits per heavy atom. The molecule has 0 bridgehead atoms. The molecule has 3 N–H and O–H groups in total. The largest absolute Gasteiger partial charge is 0.383 e. The van der Waals surface area contributed by atoms with Gasteiger partial charge in [0, 0.05) is 43.5 Å². The number of hydrogen-bond donors (Lipinski definition) is 2. The number of nitrogen functional groups attached to an aromatic ring is 1. The van der Waals surface area contributed by atoms with E-state index >= 15 is 0 Å². The molecule has 1 fully saturated rings. The maximum Gasteiger partial charge on any atom is 0.221 e. The SMILES string of the molecule is Nc1nc2ccccc2cc1CN1CCNC(=O)CC1. The van der Waals surface area contributed by atoms with Crippen molar-refractivity contribution in [2.75, 3.05) is 25.4 Å². The fourth-order valence-electron chi connectivity index (χ4n) is 2.51. The van der Waals surface area contributed by atoms with Gasteiger partial charge in [0.05, 0.1) is 5.52 Å². The van der Waals surface area contributed by atoms with E-state index in [1.54, 1.807) is 0 Å². The number of nitrogens with two attached hydrogens (primary N) is 1. The number of anilines is 1. The highest BCUT2D eigenvalue weighted by Gasteiger charge is 2.15. The molecule has 1 amide bonds. The van der Waals surface area contributed by atoms with Crippen LogP contribution < -0.4 is 11.1 Å². The molecule has 5 heteroatoms. The zero-order valence-electron chi connectivity index (χ0n) is 11.3. The van der Waals surface area contributed by atoms with Crippen LogP contribution in [0.25, 0.3) is 10.9 Å². The molecular weight excluding hydrogens is 252 g/mol. The van der Waals surface area contributed by atoms with Crippen molar-refractivity contribution in [3.63, 3.8) is 0 Å². The second-order valence-electron chi connectivity index (χ2n) is 5.10. The molecule has 1 aromatic heterocycles. The Labute approximate surface area is 117 Å². The second-order valence-corrected chi connectivity index (χ2v) is 5.10. The average Bonchev–Trinajstić information content (AvgIpc) is 2.65. The summed E-state index contributed by atoms with van der Waals surface area (Å²) < 4.78 is 0. The Hall–Kier alpha value is -2.14. The molecule has 0 aliphatic carbocycles. The van der Waals surface area contributed by atoms with E-state index in [1.165, 1.54) is 0 Å². The third-order valence-corrected chi connectivity index (χ3v) is 3.64. The number of para-hydroxylation sites is 1. The van der Waals surface area contributed by atoms with E-state index in [9.17, 15) is 4.79 Å². The zero-order valence-corrected chi connectivity index (χ0v) is 11.3. The summed E-state index contributed by atoms with van der Waals surface area (Å²) in [7, 11) is 0. The van der Waals surface area contributed by atoms with Gasteiger partial charge >= 0.3 is 0 Å². The number of aromatic nitrogens is 1. The molecule has 2 heterocycles. The van der Waals surface area contributed by atoms with Gasteiger partial charge in [-0.1, -0.05) is 18.2 Å². The van der Waals surface area contributed by atoms with E-state index in [0.29, 0.717) is 18.8 Å². The highest BCUT2D eigenvalue weighted by atomic mass is 16.1. The highest BCUT2D eigenvalue weighted by molar-refractivity contribution is 5.81. The summed E-state index contributed by atoms with van der Waals surface area (Å²) in [5.74, 6) is 0.698. The number of carbonyl (C=O) groups is 1. The molecule has 3 rings (SSSR count). The molecule has 1 aliphatic rings. The summed E-state index contributed by atoms with van der Waals surface area (Å²) in [5, 5.41) is 3.97. The third-order valence-electron chi connectivity index (χ3n) is 3.64. The zero-order chi connectivity index (χ0) is 13.9. The number of nitrogens with one attached hydrogen (secondary N) is 1. The third kappa shape index (κ3) is 2.72. The first kappa shape index (κ1) is 12.9. The van der Waals surface area contributed by atoms with Gasteiger partial charge in [-0.15, -0.1) is 0 Å². The van der Waals surface area contributed by atoms with Crippen molar-refractivity contribution in [2.45, 2.75) is 13.0 Å². The van der Waals surface area contributed by atoms with Gasteiger partial charge < -0.3 is 11.1 Å². The predicted molar refractivity (Wildman–Crippen MR) is 79.1 cm³/mol. The number of amides is 1. The smallest absolute Gasteiger partial charge is 0.221 e. The number of hydrogen-bond acceptors (Lipinski definition) is 4. The average molecular weight is 270 g/mol. The normalized spacial score (nSPS) is 16.9. The van der Waals surface area contributed by atoms with Crippen molar-refractivity contribution < 1.29 is 4.79 Å². The number of fused-ring (bicyclic) bond motifs is 1. The topological polar surface area (TPSA) is 71.2 Å². The predicted octanol–water partition coefficient (Wildman–Crippen LogP) is 1.14. The Morgan fingerprint density at radius 2 is 2.15 bits per heavy atom. The van der Waals surface area contributed by atoms with Gasteiger partial charge in [-0.05, 0) is 12.1 Å². The standard InChI is InChI=1S/C15H18N4O/c16-15-12(9-11-3-1-2-4-13(11)18-15)10-19-7-5-14(20)17-6-8-19/h1-4,9H,5-8,10H2,(H2,16,18)(H,17,20). The van der Waals surface area contributed by atoms with Gasteiger partial charge in [0.2, 0.25) is 5.91 Å². The van der Waals surface area contributed by atoms with Crippen LogP contribution >= 0.6 is 0 Å². The number of benzene rings is 1. The molecule has 104 valence electrons. The molecule has 1 aliphatic heterocycles. The Kier molecular flexibility index (Phi) is 3.52. The summed E-state index contributed by atoms with van der Waals surface area (Å²) >= 11 is 0. The van der Waals surface area contributed by atoms with Crippen molar-refractivity contribution in [1.82, 2.24) is 15.2 Å². The molecule has 1 saturated heterocycles. The lowest BCUT2D eigenvalue weighted by molar-refractivity contribution is -0.120. The second kappa shape index (κ2) is 5.46. The monoisotopic (exact) mass is 270 g/mol. The lowest BCUT2D eigenvalue weighted by atomic mass is 10.1. The van der Waals surface area contributed by atoms with Crippen LogP contribution in [0.15, 0.2) is 30.3 Å². The molecule has 0 radical (unpaired) electrons. The van der Waals surface area contributed by atoms with Crippen LogP contribution in [-0.2, 0) is 11.3 Å². The molecule has 1 aromatic carbocycles. The lowest BCUT2D eigenvalue weighted by Gasteiger charge is -2.20. The van der Waals surface area contributed by atoms with Crippen molar-refractivity contribution >= 4 is 22.6 Å². The first-order valence-electron chi connectivity index (χ1n) is 6.85. The van der Waals surface area contributed by atoms with Crippen molar-refractivity contribution in [1.29, 1.82) is 0 Å². The van der Waals surface area contributed by atoms with Gasteiger partial charge in [-0.25, -0.2) is 4.98 Å². The van der Waals surface area contributed by atoms with E-state index in [4.69, 9.17) is 5.73 Å². The van der Waals surface area contributed by atoms with Gasteiger partial charge in [0.25, 0.3) is 0 Å². The van der Waals surface area contributed by atoms with Crippen LogP contribution in [0.2, 0.25) is 0 Å². The molecule has 2 aromatic rings. The van der Waals surface area contributed by atoms with E-state index in [1.807, 2.05) is 24.3 Å². The Morgan fingerprint density at radius 1 is 1.30 bits per heavy atom. The van der Waals surface area contributed by atoms with E-state index in [2.05, 4.69) is 21.3 Å². The fourth-order valence-corrected chi connectivity index (χ4v) is 2.51. The maximum absolute atomic E-state index is 11.3. The van der Waals surface area contributed by atoms with Crippen LogP contribution in [0.1, 0.15) is 12.0 Å². The summed E-state index contributed by atoms with van der Waals surface area (Å²) in [4.78, 5) is 18.0. The Balaban J connectivity index is 1.83. The van der Waals surface area contributed by atoms with Gasteiger partial charge in [-0.3, -0.25) is 9.69 Å². The fraction of sp³-hybridized carbons (Fsp3) is 0.333. The van der Waals surface area contributed by atoms with Crippen LogP contribution in [0.3, 0.4) is 0 Å². The van der Waals surface area contributed by atoms with Crippen molar-refractivity contribution in [2.24, 2.45) is 0 Å². The molecular formula is C15H18N4O. The molecule has 5 nitrogen and oxygen atoms in total. The van der Waals surface area contributed by atoms with E-state index in [0.717, 1.165) is 36.1 Å². The van der Waals surface area contributed by atoms with Crippen LogP contribution in [0.5, 0.6) is 0 Å². The van der Waals surface area contributed by atoms with Crippen molar-refractivity contribution in [3.05, 3.63) is 35.9 Å². The summed E-state index contributed by atoms with van der Waals surface area (Å²) in [6, 6.07) is 10.1. The number of pyridine rings is 1. The molecule has 0 saturated carbocycles. The molecule has 0 unspecified atom stereocenters.